The number of primary amides is 1. The molecular formula is C15H15N3O3. The minimum Gasteiger partial charge on any atom is -0.478 e. The minimum absolute atomic E-state index is 0.302. The van der Waals surface area contributed by atoms with Gasteiger partial charge < -0.3 is 16.2 Å². The first-order valence-corrected chi connectivity index (χ1v) is 6.39. The lowest BCUT2D eigenvalue weighted by Gasteiger charge is -2.08. The molecule has 0 saturated carbocycles. The van der Waals surface area contributed by atoms with Crippen LogP contribution in [0.4, 0.5) is 5.82 Å². The Bertz CT molecular complexity index is 653. The van der Waals surface area contributed by atoms with Crippen LogP contribution >= 0.6 is 0 Å². The number of pyridine rings is 1. The maximum absolute atomic E-state index is 11.1. The molecule has 6 nitrogen and oxygen atoms in total. The molecule has 0 aliphatic heterocycles. The van der Waals surface area contributed by atoms with Gasteiger partial charge in [0.1, 0.15) is 5.82 Å². The van der Waals surface area contributed by atoms with Gasteiger partial charge in [0.15, 0.2) is 0 Å². The highest BCUT2D eigenvalue weighted by Crippen LogP contribution is 2.10. The molecular weight excluding hydrogens is 270 g/mol. The van der Waals surface area contributed by atoms with Gasteiger partial charge in [-0.25, -0.2) is 9.78 Å². The van der Waals surface area contributed by atoms with Gasteiger partial charge in [-0.05, 0) is 30.2 Å². The molecule has 0 saturated heterocycles. The number of carboxylic acid groups (broad SMARTS) is 1. The van der Waals surface area contributed by atoms with Crippen LogP contribution in [-0.2, 0) is 6.42 Å². The molecule has 1 aromatic carbocycles. The number of nitrogens with zero attached hydrogens (tertiary/aromatic N) is 1. The first kappa shape index (κ1) is 14.5. The van der Waals surface area contributed by atoms with Crippen LogP contribution in [0.3, 0.4) is 0 Å². The quantitative estimate of drug-likeness (QED) is 0.746. The Balaban J connectivity index is 1.95. The lowest BCUT2D eigenvalue weighted by atomic mass is 10.0. The van der Waals surface area contributed by atoms with Gasteiger partial charge in [0.2, 0.25) is 5.91 Å². The highest BCUT2D eigenvalue weighted by atomic mass is 16.4. The highest BCUT2D eigenvalue weighted by molar-refractivity contribution is 5.92. The van der Waals surface area contributed by atoms with Crippen molar-refractivity contribution in [3.63, 3.8) is 0 Å². The van der Waals surface area contributed by atoms with E-state index in [1.165, 1.54) is 6.20 Å². The van der Waals surface area contributed by atoms with Crippen LogP contribution in [0.2, 0.25) is 0 Å². The van der Waals surface area contributed by atoms with Crippen LogP contribution in [-0.4, -0.2) is 28.5 Å². The summed E-state index contributed by atoms with van der Waals surface area (Å²) in [5.41, 5.74) is 6.53. The fourth-order valence-corrected chi connectivity index (χ4v) is 1.92. The van der Waals surface area contributed by atoms with Crippen LogP contribution in [0.5, 0.6) is 0 Å². The largest absolute Gasteiger partial charge is 0.478 e. The number of rotatable bonds is 6. The number of nitrogens with one attached hydrogen (secondary N) is 1. The number of nitrogens with two attached hydrogens (primary N) is 1. The summed E-state index contributed by atoms with van der Waals surface area (Å²) in [7, 11) is 0. The molecule has 2 rings (SSSR count). The molecule has 2 aromatic rings. The first-order chi connectivity index (χ1) is 10.1. The molecule has 6 heteroatoms. The van der Waals surface area contributed by atoms with Crippen LogP contribution in [0.15, 0.2) is 42.6 Å². The van der Waals surface area contributed by atoms with Gasteiger partial charge in [0.05, 0.1) is 11.1 Å². The fourth-order valence-electron chi connectivity index (χ4n) is 1.92. The third-order valence-corrected chi connectivity index (χ3v) is 3.00. The van der Waals surface area contributed by atoms with E-state index < -0.39 is 11.9 Å². The smallest absolute Gasteiger partial charge is 0.335 e. The average molecular weight is 285 g/mol. The third-order valence-electron chi connectivity index (χ3n) is 3.00. The number of carbonyl (C=O) groups is 2. The third kappa shape index (κ3) is 3.79. The lowest BCUT2D eigenvalue weighted by molar-refractivity contribution is 0.0695. The molecule has 1 amide bonds. The SMILES string of the molecule is NC(=O)c1ccc(NCCc2ccccc2C(=O)O)nc1. The van der Waals surface area contributed by atoms with E-state index in [1.807, 2.05) is 6.07 Å². The van der Waals surface area contributed by atoms with E-state index in [1.54, 1.807) is 30.3 Å². The van der Waals surface area contributed by atoms with Crippen molar-refractivity contribution in [3.8, 4) is 0 Å². The number of amides is 1. The van der Waals surface area contributed by atoms with E-state index in [4.69, 9.17) is 10.8 Å². The molecule has 0 aliphatic rings. The van der Waals surface area contributed by atoms with Crippen molar-refractivity contribution in [1.29, 1.82) is 0 Å². The van der Waals surface area contributed by atoms with Crippen molar-refractivity contribution in [2.24, 2.45) is 5.73 Å². The summed E-state index contributed by atoms with van der Waals surface area (Å²) < 4.78 is 0. The monoisotopic (exact) mass is 285 g/mol. The summed E-state index contributed by atoms with van der Waals surface area (Å²) in [5, 5.41) is 12.2. The van der Waals surface area contributed by atoms with Crippen LogP contribution < -0.4 is 11.1 Å². The fraction of sp³-hybridized carbons (Fsp3) is 0.133. The predicted molar refractivity (Wildman–Crippen MR) is 78.3 cm³/mol. The number of carbonyl (C=O) groups excluding carboxylic acids is 1. The number of anilines is 1. The maximum atomic E-state index is 11.1. The molecule has 1 aromatic heterocycles. The molecule has 1 heterocycles. The van der Waals surface area contributed by atoms with Crippen molar-refractivity contribution in [3.05, 3.63) is 59.3 Å². The number of aromatic carboxylic acids is 1. The summed E-state index contributed by atoms with van der Waals surface area (Å²) in [4.78, 5) is 26.1. The van der Waals surface area contributed by atoms with E-state index in [0.717, 1.165) is 5.56 Å². The molecule has 0 spiro atoms. The van der Waals surface area contributed by atoms with Crippen molar-refractivity contribution in [2.75, 3.05) is 11.9 Å². The average Bonchev–Trinajstić information content (AvgIpc) is 2.48. The Morgan fingerprint density at radius 1 is 1.19 bits per heavy atom. The summed E-state index contributed by atoms with van der Waals surface area (Å²) in [6.45, 7) is 0.535. The Morgan fingerprint density at radius 3 is 2.57 bits per heavy atom. The maximum Gasteiger partial charge on any atom is 0.335 e. The molecule has 0 radical (unpaired) electrons. The molecule has 0 aliphatic carbocycles. The van der Waals surface area contributed by atoms with E-state index in [2.05, 4.69) is 10.3 Å². The van der Waals surface area contributed by atoms with Gasteiger partial charge in [-0.3, -0.25) is 4.79 Å². The van der Waals surface area contributed by atoms with E-state index in [0.29, 0.717) is 29.9 Å². The van der Waals surface area contributed by atoms with Gasteiger partial charge in [-0.1, -0.05) is 18.2 Å². The van der Waals surface area contributed by atoms with E-state index in [9.17, 15) is 9.59 Å². The molecule has 0 fully saturated rings. The van der Waals surface area contributed by atoms with Crippen LogP contribution in [0, 0.1) is 0 Å². The topological polar surface area (TPSA) is 105 Å². The molecule has 108 valence electrons. The Morgan fingerprint density at radius 2 is 1.95 bits per heavy atom. The number of hydrogen-bond acceptors (Lipinski definition) is 4. The minimum atomic E-state index is -0.936. The molecule has 21 heavy (non-hydrogen) atoms. The molecule has 0 atom stereocenters. The molecule has 4 N–H and O–H groups in total. The van der Waals surface area contributed by atoms with E-state index >= 15 is 0 Å². The molecule has 0 unspecified atom stereocenters. The molecule has 0 bridgehead atoms. The van der Waals surface area contributed by atoms with Gasteiger partial charge in [0.25, 0.3) is 0 Å². The van der Waals surface area contributed by atoms with Crippen LogP contribution in [0.25, 0.3) is 0 Å². The number of benzene rings is 1. The van der Waals surface area contributed by atoms with Crippen molar-refractivity contribution >= 4 is 17.7 Å². The summed E-state index contributed by atoms with van der Waals surface area (Å²) in [6, 6.07) is 10.1. The second-order valence-electron chi connectivity index (χ2n) is 4.44. The summed E-state index contributed by atoms with van der Waals surface area (Å²) in [5.74, 6) is -0.855. The first-order valence-electron chi connectivity index (χ1n) is 6.39. The van der Waals surface area contributed by atoms with Crippen molar-refractivity contribution in [2.45, 2.75) is 6.42 Å². The van der Waals surface area contributed by atoms with Gasteiger partial charge in [-0.2, -0.15) is 0 Å². The highest BCUT2D eigenvalue weighted by Gasteiger charge is 2.08. The summed E-state index contributed by atoms with van der Waals surface area (Å²) in [6.07, 6.45) is 1.96. The lowest BCUT2D eigenvalue weighted by Crippen LogP contribution is -2.12. The Labute approximate surface area is 121 Å². The van der Waals surface area contributed by atoms with Gasteiger partial charge in [-0.15, -0.1) is 0 Å². The van der Waals surface area contributed by atoms with Crippen molar-refractivity contribution in [1.82, 2.24) is 4.98 Å². The zero-order valence-corrected chi connectivity index (χ0v) is 11.2. The normalized spacial score (nSPS) is 10.1. The number of carboxylic acids is 1. The van der Waals surface area contributed by atoms with Gasteiger partial charge >= 0.3 is 5.97 Å². The van der Waals surface area contributed by atoms with Crippen LogP contribution in [0.1, 0.15) is 26.3 Å². The zero-order chi connectivity index (χ0) is 15.2. The second-order valence-corrected chi connectivity index (χ2v) is 4.44. The van der Waals surface area contributed by atoms with Crippen molar-refractivity contribution < 1.29 is 14.7 Å². The Kier molecular flexibility index (Phi) is 4.50. The number of aromatic nitrogens is 1. The second kappa shape index (κ2) is 6.51. The van der Waals surface area contributed by atoms with E-state index in [-0.39, 0.29) is 0 Å². The standard InChI is InChI=1S/C15H15N3O3/c16-14(19)11-5-6-13(18-9-11)17-8-7-10-3-1-2-4-12(10)15(20)21/h1-6,9H,7-8H2,(H2,16,19)(H,17,18)(H,20,21). The van der Waals surface area contributed by atoms with Gasteiger partial charge in [0, 0.05) is 12.7 Å². The Hall–Kier alpha value is -2.89. The zero-order valence-electron chi connectivity index (χ0n) is 11.2. The summed E-state index contributed by atoms with van der Waals surface area (Å²) >= 11 is 0. The predicted octanol–water partition coefficient (Wildman–Crippen LogP) is 1.53. The number of hydrogen-bond donors (Lipinski definition) is 3.